The standard InChI is InChI=1S/C18H20N4O2.ClH/c1-2-4-14(5-3-1)18-21-16(13-24-18)17-20-7-10-22(17)9-6-15-12-19-8-11-23-15;/h1-5,7,10,13,15,19H,6,8-9,11-12H2;1H. The summed E-state index contributed by atoms with van der Waals surface area (Å²) in [4.78, 5) is 9.03. The Bertz CT molecular complexity index is 781. The summed E-state index contributed by atoms with van der Waals surface area (Å²) in [6.45, 7) is 3.47. The van der Waals surface area contributed by atoms with Gasteiger partial charge in [-0.15, -0.1) is 12.4 Å². The fourth-order valence-corrected chi connectivity index (χ4v) is 2.90. The van der Waals surface area contributed by atoms with Crippen LogP contribution in [0, 0.1) is 0 Å². The zero-order chi connectivity index (χ0) is 16.2. The van der Waals surface area contributed by atoms with Crippen molar-refractivity contribution >= 4 is 12.4 Å². The Morgan fingerprint density at radius 2 is 2.12 bits per heavy atom. The summed E-state index contributed by atoms with van der Waals surface area (Å²) in [7, 11) is 0. The van der Waals surface area contributed by atoms with Crippen LogP contribution in [0.1, 0.15) is 6.42 Å². The number of aryl methyl sites for hydroxylation is 1. The molecule has 0 amide bonds. The highest BCUT2D eigenvalue weighted by atomic mass is 35.5. The van der Waals surface area contributed by atoms with Gasteiger partial charge in [0, 0.05) is 37.6 Å². The van der Waals surface area contributed by atoms with Crippen LogP contribution in [0.5, 0.6) is 0 Å². The molecule has 1 atom stereocenters. The van der Waals surface area contributed by atoms with Crippen LogP contribution in [0.25, 0.3) is 23.0 Å². The molecule has 7 heteroatoms. The fraction of sp³-hybridized carbons (Fsp3) is 0.333. The monoisotopic (exact) mass is 360 g/mol. The third kappa shape index (κ3) is 4.10. The highest BCUT2D eigenvalue weighted by Gasteiger charge is 2.16. The number of hydrogen-bond donors (Lipinski definition) is 1. The second kappa shape index (κ2) is 8.29. The van der Waals surface area contributed by atoms with Crippen molar-refractivity contribution in [2.45, 2.75) is 19.1 Å². The van der Waals surface area contributed by atoms with Gasteiger partial charge >= 0.3 is 0 Å². The minimum atomic E-state index is 0. The van der Waals surface area contributed by atoms with E-state index in [0.717, 1.165) is 49.7 Å². The van der Waals surface area contributed by atoms with Gasteiger partial charge in [-0.05, 0) is 18.6 Å². The largest absolute Gasteiger partial charge is 0.444 e. The average Bonchev–Trinajstić information content (AvgIpc) is 3.31. The van der Waals surface area contributed by atoms with Crippen molar-refractivity contribution in [1.82, 2.24) is 19.9 Å². The van der Waals surface area contributed by atoms with E-state index in [-0.39, 0.29) is 18.5 Å². The topological polar surface area (TPSA) is 65.1 Å². The summed E-state index contributed by atoms with van der Waals surface area (Å²) >= 11 is 0. The number of rotatable bonds is 5. The molecule has 0 radical (unpaired) electrons. The van der Waals surface area contributed by atoms with Gasteiger partial charge in [0.2, 0.25) is 5.89 Å². The van der Waals surface area contributed by atoms with Crippen LogP contribution < -0.4 is 5.32 Å². The Kier molecular flexibility index (Phi) is 5.86. The Morgan fingerprint density at radius 3 is 2.92 bits per heavy atom. The Morgan fingerprint density at radius 1 is 1.24 bits per heavy atom. The van der Waals surface area contributed by atoms with Crippen molar-refractivity contribution in [3.63, 3.8) is 0 Å². The maximum absolute atomic E-state index is 5.75. The van der Waals surface area contributed by atoms with E-state index in [1.807, 2.05) is 36.5 Å². The van der Waals surface area contributed by atoms with Gasteiger partial charge in [-0.25, -0.2) is 9.97 Å². The van der Waals surface area contributed by atoms with Gasteiger partial charge in [0.1, 0.15) is 12.0 Å². The Labute approximate surface area is 152 Å². The summed E-state index contributed by atoms with van der Waals surface area (Å²) in [5, 5.41) is 3.36. The van der Waals surface area contributed by atoms with Crippen LogP contribution >= 0.6 is 12.4 Å². The van der Waals surface area contributed by atoms with Crippen LogP contribution in [0.2, 0.25) is 0 Å². The molecule has 132 valence electrons. The number of nitrogens with zero attached hydrogens (tertiary/aromatic N) is 3. The lowest BCUT2D eigenvalue weighted by molar-refractivity contribution is 0.0211. The third-order valence-corrected chi connectivity index (χ3v) is 4.17. The zero-order valence-corrected chi connectivity index (χ0v) is 14.6. The van der Waals surface area contributed by atoms with Crippen molar-refractivity contribution in [3.05, 3.63) is 49.0 Å². The minimum Gasteiger partial charge on any atom is -0.444 e. The second-order valence-electron chi connectivity index (χ2n) is 5.83. The van der Waals surface area contributed by atoms with Gasteiger partial charge in [0.25, 0.3) is 0 Å². The molecule has 1 aliphatic rings. The molecular formula is C18H21ClN4O2. The van der Waals surface area contributed by atoms with Crippen molar-refractivity contribution < 1.29 is 9.15 Å². The lowest BCUT2D eigenvalue weighted by Gasteiger charge is -2.23. The van der Waals surface area contributed by atoms with Crippen molar-refractivity contribution in [2.24, 2.45) is 0 Å². The van der Waals surface area contributed by atoms with Crippen LogP contribution in [-0.2, 0) is 11.3 Å². The molecule has 0 spiro atoms. The van der Waals surface area contributed by atoms with Crippen LogP contribution in [-0.4, -0.2) is 40.3 Å². The molecule has 3 heterocycles. The molecule has 4 rings (SSSR count). The molecule has 1 unspecified atom stereocenters. The Balaban J connectivity index is 0.00000182. The van der Waals surface area contributed by atoms with Crippen LogP contribution in [0.4, 0.5) is 0 Å². The SMILES string of the molecule is Cl.c1ccc(-c2nc(-c3nccn3CCC3CNCCO3)co2)cc1. The smallest absolute Gasteiger partial charge is 0.226 e. The van der Waals surface area contributed by atoms with Crippen LogP contribution in [0.3, 0.4) is 0 Å². The molecule has 1 saturated heterocycles. The first-order valence-electron chi connectivity index (χ1n) is 8.25. The molecule has 2 aromatic heterocycles. The van der Waals surface area contributed by atoms with Crippen molar-refractivity contribution in [3.8, 4) is 23.0 Å². The van der Waals surface area contributed by atoms with E-state index in [9.17, 15) is 0 Å². The molecular weight excluding hydrogens is 340 g/mol. The number of nitrogens with one attached hydrogen (secondary N) is 1. The minimum absolute atomic E-state index is 0. The lowest BCUT2D eigenvalue weighted by atomic mass is 10.2. The first-order valence-corrected chi connectivity index (χ1v) is 8.25. The quantitative estimate of drug-likeness (QED) is 0.757. The van der Waals surface area contributed by atoms with E-state index < -0.39 is 0 Å². The van der Waals surface area contributed by atoms with Gasteiger partial charge in [-0.2, -0.15) is 0 Å². The van der Waals surface area contributed by atoms with Crippen molar-refractivity contribution in [1.29, 1.82) is 0 Å². The number of hydrogen-bond acceptors (Lipinski definition) is 5. The van der Waals surface area contributed by atoms with E-state index in [4.69, 9.17) is 9.15 Å². The van der Waals surface area contributed by atoms with Gasteiger partial charge < -0.3 is 19.0 Å². The molecule has 6 nitrogen and oxygen atoms in total. The highest BCUT2D eigenvalue weighted by molar-refractivity contribution is 5.85. The number of aromatic nitrogens is 3. The molecule has 0 bridgehead atoms. The molecule has 0 saturated carbocycles. The first kappa shape index (κ1) is 17.7. The lowest BCUT2D eigenvalue weighted by Crippen LogP contribution is -2.38. The fourth-order valence-electron chi connectivity index (χ4n) is 2.90. The van der Waals surface area contributed by atoms with E-state index >= 15 is 0 Å². The number of halogens is 1. The first-order chi connectivity index (χ1) is 11.9. The van der Waals surface area contributed by atoms with E-state index in [2.05, 4.69) is 19.9 Å². The number of morpholine rings is 1. The molecule has 25 heavy (non-hydrogen) atoms. The normalized spacial score (nSPS) is 17.2. The zero-order valence-electron chi connectivity index (χ0n) is 13.8. The summed E-state index contributed by atoms with van der Waals surface area (Å²) < 4.78 is 13.5. The molecule has 1 aromatic carbocycles. The van der Waals surface area contributed by atoms with E-state index in [1.54, 1.807) is 12.5 Å². The summed E-state index contributed by atoms with van der Waals surface area (Å²) in [5.41, 5.74) is 1.71. The Hall–Kier alpha value is -2.15. The maximum Gasteiger partial charge on any atom is 0.226 e. The highest BCUT2D eigenvalue weighted by Crippen LogP contribution is 2.23. The van der Waals surface area contributed by atoms with Gasteiger partial charge in [-0.1, -0.05) is 18.2 Å². The predicted octanol–water partition coefficient (Wildman–Crippen LogP) is 3.01. The predicted molar refractivity (Wildman–Crippen MR) is 97.6 cm³/mol. The van der Waals surface area contributed by atoms with Gasteiger partial charge in [0.05, 0.1) is 12.7 Å². The van der Waals surface area contributed by atoms with Gasteiger partial charge in [0.15, 0.2) is 5.82 Å². The summed E-state index contributed by atoms with van der Waals surface area (Å²) in [6, 6.07) is 9.88. The average molecular weight is 361 g/mol. The molecule has 1 aliphatic heterocycles. The number of ether oxygens (including phenoxy) is 1. The number of imidazole rings is 1. The van der Waals surface area contributed by atoms with Crippen molar-refractivity contribution in [2.75, 3.05) is 19.7 Å². The second-order valence-corrected chi connectivity index (χ2v) is 5.83. The molecule has 1 fully saturated rings. The summed E-state index contributed by atoms with van der Waals surface area (Å²) in [6.07, 6.45) is 6.64. The number of benzene rings is 1. The van der Waals surface area contributed by atoms with E-state index in [1.165, 1.54) is 0 Å². The molecule has 0 aliphatic carbocycles. The van der Waals surface area contributed by atoms with Crippen LogP contribution in [0.15, 0.2) is 53.4 Å². The molecule has 3 aromatic rings. The van der Waals surface area contributed by atoms with Gasteiger partial charge in [-0.3, -0.25) is 0 Å². The third-order valence-electron chi connectivity index (χ3n) is 4.17. The summed E-state index contributed by atoms with van der Waals surface area (Å²) in [5.74, 6) is 1.43. The molecule has 1 N–H and O–H groups in total. The van der Waals surface area contributed by atoms with E-state index in [0.29, 0.717) is 5.89 Å². The maximum atomic E-state index is 5.75. The number of oxazole rings is 1.